The maximum Gasteiger partial charge on any atom is 0.412 e. The number of ether oxygens (including phenoxy) is 2. The van der Waals surface area contributed by atoms with Gasteiger partial charge in [0, 0.05) is 19.1 Å². The summed E-state index contributed by atoms with van der Waals surface area (Å²) >= 11 is 0. The second-order valence-corrected chi connectivity index (χ2v) is 13.9. The van der Waals surface area contributed by atoms with Gasteiger partial charge in [0.15, 0.2) is 0 Å². The first-order chi connectivity index (χ1) is 18.8. The molecule has 11 heteroatoms. The van der Waals surface area contributed by atoms with Crippen molar-refractivity contribution >= 4 is 22.1 Å². The number of rotatable bonds is 13. The molecule has 0 spiro atoms. The first-order valence-electron chi connectivity index (χ1n) is 13.6. The Labute approximate surface area is 243 Å². The predicted molar refractivity (Wildman–Crippen MR) is 156 cm³/mol. The SMILES string of the molecule is COc1ccc(S(=O)(=O)N(CC[C@H](Cc2ccc(C(=O)O)cc2)N(C(=O)OC(C)(C)C)C(C)(C)O)CC(C)C)cc1. The van der Waals surface area contributed by atoms with E-state index in [0.29, 0.717) is 11.3 Å². The van der Waals surface area contributed by atoms with Crippen LogP contribution in [0.1, 0.15) is 70.8 Å². The number of hydrogen-bond acceptors (Lipinski definition) is 7. The smallest absolute Gasteiger partial charge is 0.412 e. The van der Waals surface area contributed by atoms with Crippen molar-refractivity contribution in [3.63, 3.8) is 0 Å². The summed E-state index contributed by atoms with van der Waals surface area (Å²) in [6.07, 6.45) is -0.349. The molecule has 0 aliphatic heterocycles. The Morgan fingerprint density at radius 1 is 0.951 bits per heavy atom. The van der Waals surface area contributed by atoms with Crippen LogP contribution in [0.25, 0.3) is 0 Å². The van der Waals surface area contributed by atoms with Gasteiger partial charge in [-0.05, 0) is 95.3 Å². The normalized spacial score (nSPS) is 13.2. The zero-order valence-electron chi connectivity index (χ0n) is 25.2. The predicted octanol–water partition coefficient (Wildman–Crippen LogP) is 5.01. The summed E-state index contributed by atoms with van der Waals surface area (Å²) in [5.74, 6) is -0.513. The Kier molecular flexibility index (Phi) is 11.4. The molecule has 1 amide bonds. The molecule has 1 atom stereocenters. The fourth-order valence-corrected chi connectivity index (χ4v) is 6.03. The van der Waals surface area contributed by atoms with Crippen molar-refractivity contribution in [1.82, 2.24) is 9.21 Å². The quantitative estimate of drug-likeness (QED) is 0.310. The molecule has 228 valence electrons. The molecule has 0 aliphatic rings. The lowest BCUT2D eigenvalue weighted by atomic mass is 9.98. The topological polar surface area (TPSA) is 134 Å². The van der Waals surface area contributed by atoms with Crippen molar-refractivity contribution in [2.24, 2.45) is 5.92 Å². The lowest BCUT2D eigenvalue weighted by Gasteiger charge is -2.41. The Hall–Kier alpha value is -3.15. The van der Waals surface area contributed by atoms with Crippen molar-refractivity contribution in [1.29, 1.82) is 0 Å². The molecule has 41 heavy (non-hydrogen) atoms. The number of carboxylic acids is 1. The van der Waals surface area contributed by atoms with E-state index in [9.17, 15) is 28.2 Å². The molecule has 2 aromatic rings. The molecule has 0 aromatic heterocycles. The third-order valence-electron chi connectivity index (χ3n) is 6.19. The lowest BCUT2D eigenvalue weighted by molar-refractivity contribution is -0.102. The number of carbonyl (C=O) groups is 2. The van der Waals surface area contributed by atoms with Crippen LogP contribution in [0.2, 0.25) is 0 Å². The average Bonchev–Trinajstić information content (AvgIpc) is 2.84. The Balaban J connectivity index is 2.50. The highest BCUT2D eigenvalue weighted by molar-refractivity contribution is 7.89. The van der Waals surface area contributed by atoms with Crippen LogP contribution in [-0.2, 0) is 21.2 Å². The van der Waals surface area contributed by atoms with E-state index in [-0.39, 0.29) is 42.3 Å². The van der Waals surface area contributed by atoms with Crippen LogP contribution in [0.5, 0.6) is 5.75 Å². The van der Waals surface area contributed by atoms with Crippen LogP contribution >= 0.6 is 0 Å². The minimum Gasteiger partial charge on any atom is -0.497 e. The highest BCUT2D eigenvalue weighted by atomic mass is 32.2. The number of methoxy groups -OCH3 is 1. The van der Waals surface area contributed by atoms with Gasteiger partial charge in [0.25, 0.3) is 0 Å². The average molecular weight is 593 g/mol. The molecular formula is C30H44N2O8S. The number of aliphatic hydroxyl groups is 1. The fraction of sp³-hybridized carbons (Fsp3) is 0.533. The number of carboxylic acid groups (broad SMARTS) is 1. The van der Waals surface area contributed by atoms with Gasteiger partial charge in [0.2, 0.25) is 10.0 Å². The number of amides is 1. The Bertz CT molecular complexity index is 1260. The largest absolute Gasteiger partial charge is 0.497 e. The van der Waals surface area contributed by atoms with Gasteiger partial charge >= 0.3 is 12.1 Å². The number of benzene rings is 2. The van der Waals surface area contributed by atoms with Crippen molar-refractivity contribution < 1.29 is 37.7 Å². The van der Waals surface area contributed by atoms with E-state index >= 15 is 0 Å². The van der Waals surface area contributed by atoms with Gasteiger partial charge < -0.3 is 19.7 Å². The first-order valence-corrected chi connectivity index (χ1v) is 15.0. The van der Waals surface area contributed by atoms with E-state index in [1.807, 2.05) is 13.8 Å². The minimum atomic E-state index is -3.90. The van der Waals surface area contributed by atoms with Gasteiger partial charge in [-0.15, -0.1) is 0 Å². The van der Waals surface area contributed by atoms with Crippen LogP contribution in [0.15, 0.2) is 53.4 Å². The van der Waals surface area contributed by atoms with E-state index in [0.717, 1.165) is 0 Å². The van der Waals surface area contributed by atoms with E-state index in [2.05, 4.69) is 0 Å². The van der Waals surface area contributed by atoms with Gasteiger partial charge in [-0.25, -0.2) is 18.0 Å². The number of aromatic carboxylic acids is 1. The third kappa shape index (κ3) is 10.0. The van der Waals surface area contributed by atoms with Crippen molar-refractivity contribution in [2.75, 3.05) is 20.2 Å². The van der Waals surface area contributed by atoms with E-state index in [1.54, 1.807) is 45.0 Å². The van der Waals surface area contributed by atoms with Crippen molar-refractivity contribution in [3.05, 3.63) is 59.7 Å². The maximum absolute atomic E-state index is 13.7. The molecule has 0 fully saturated rings. The van der Waals surface area contributed by atoms with E-state index in [4.69, 9.17) is 9.47 Å². The highest BCUT2D eigenvalue weighted by Crippen LogP contribution is 2.27. The summed E-state index contributed by atoms with van der Waals surface area (Å²) in [6, 6.07) is 11.7. The number of nitrogens with zero attached hydrogens (tertiary/aromatic N) is 2. The van der Waals surface area contributed by atoms with E-state index in [1.165, 1.54) is 54.4 Å². The van der Waals surface area contributed by atoms with Gasteiger partial charge in [-0.2, -0.15) is 4.31 Å². The van der Waals surface area contributed by atoms with Crippen LogP contribution in [0, 0.1) is 5.92 Å². The second-order valence-electron chi connectivity index (χ2n) is 11.9. The number of carbonyl (C=O) groups excluding carboxylic acids is 1. The summed E-state index contributed by atoms with van der Waals surface area (Å²) < 4.78 is 39.6. The molecule has 0 bridgehead atoms. The summed E-state index contributed by atoms with van der Waals surface area (Å²) in [4.78, 5) is 26.1. The summed E-state index contributed by atoms with van der Waals surface area (Å²) in [6.45, 7) is 12.2. The molecule has 0 saturated heterocycles. The molecule has 2 aromatic carbocycles. The van der Waals surface area contributed by atoms with Crippen LogP contribution in [0.3, 0.4) is 0 Å². The van der Waals surface area contributed by atoms with Crippen LogP contribution in [0.4, 0.5) is 4.79 Å². The zero-order chi connectivity index (χ0) is 31.2. The summed E-state index contributed by atoms with van der Waals surface area (Å²) in [5.41, 5.74) is -1.65. The fourth-order valence-electron chi connectivity index (χ4n) is 4.41. The van der Waals surface area contributed by atoms with Crippen LogP contribution in [-0.4, -0.2) is 77.5 Å². The number of sulfonamides is 1. The van der Waals surface area contributed by atoms with E-state index < -0.39 is 39.5 Å². The Morgan fingerprint density at radius 2 is 1.51 bits per heavy atom. The molecule has 0 radical (unpaired) electrons. The zero-order valence-corrected chi connectivity index (χ0v) is 26.1. The second kappa shape index (κ2) is 13.7. The standard InChI is InChI=1S/C30H44N2O8S/c1-21(2)20-31(41(37,38)26-15-13-25(39-8)14-16-26)18-17-24(19-22-9-11-23(12-10-22)27(33)34)32(30(6,7)36)28(35)40-29(3,4)5/h9-16,21,24,36H,17-20H2,1-8H3,(H,33,34)/t24-/m1/s1. The molecule has 2 N–H and O–H groups in total. The minimum absolute atomic E-state index is 0.0151. The maximum atomic E-state index is 13.7. The first kappa shape index (κ1) is 34.1. The molecule has 0 saturated carbocycles. The monoisotopic (exact) mass is 592 g/mol. The van der Waals surface area contributed by atoms with Gasteiger partial charge in [0.1, 0.15) is 17.1 Å². The molecular weight excluding hydrogens is 548 g/mol. The number of hydrogen-bond donors (Lipinski definition) is 2. The van der Waals surface area contributed by atoms with Crippen molar-refractivity contribution in [2.45, 2.75) is 83.6 Å². The summed E-state index contributed by atoms with van der Waals surface area (Å²) in [5, 5.41) is 20.4. The lowest BCUT2D eigenvalue weighted by Crippen LogP contribution is -2.56. The molecule has 10 nitrogen and oxygen atoms in total. The van der Waals surface area contributed by atoms with Crippen LogP contribution < -0.4 is 4.74 Å². The molecule has 0 unspecified atom stereocenters. The molecule has 0 aliphatic carbocycles. The third-order valence-corrected chi connectivity index (χ3v) is 8.07. The highest BCUT2D eigenvalue weighted by Gasteiger charge is 2.39. The summed E-state index contributed by atoms with van der Waals surface area (Å²) in [7, 11) is -2.40. The van der Waals surface area contributed by atoms with Gasteiger partial charge in [-0.1, -0.05) is 26.0 Å². The van der Waals surface area contributed by atoms with Gasteiger partial charge in [-0.3, -0.25) is 4.90 Å². The Morgan fingerprint density at radius 3 is 1.95 bits per heavy atom. The molecule has 0 heterocycles. The van der Waals surface area contributed by atoms with Gasteiger partial charge in [0.05, 0.1) is 17.6 Å². The van der Waals surface area contributed by atoms with Crippen molar-refractivity contribution in [3.8, 4) is 5.75 Å². The molecule has 2 rings (SSSR count).